The quantitative estimate of drug-likeness (QED) is 0.801. The molecule has 3 N–H and O–H groups in total. The van der Waals surface area contributed by atoms with Crippen LogP contribution in [0.1, 0.15) is 10.4 Å². The Balaban J connectivity index is 2.30. The largest absolute Gasteiger partial charge is 0.478 e. The Kier molecular flexibility index (Phi) is 4.10. The summed E-state index contributed by atoms with van der Waals surface area (Å²) in [6, 6.07) is 2.28. The van der Waals surface area contributed by atoms with Gasteiger partial charge in [0.15, 0.2) is 0 Å². The van der Waals surface area contributed by atoms with E-state index in [9.17, 15) is 9.18 Å². The van der Waals surface area contributed by atoms with Crippen LogP contribution in [-0.4, -0.2) is 50.6 Å². The van der Waals surface area contributed by atoms with Crippen LogP contribution in [0.5, 0.6) is 0 Å². The minimum absolute atomic E-state index is 0.137. The highest BCUT2D eigenvalue weighted by Crippen LogP contribution is 2.30. The van der Waals surface area contributed by atoms with Crippen LogP contribution in [0.25, 0.3) is 0 Å². The average molecular weight is 284 g/mol. The van der Waals surface area contributed by atoms with E-state index in [4.69, 9.17) is 20.3 Å². The number of nitrogen functional groups attached to an aromatic ring is 1. The second kappa shape index (κ2) is 5.64. The first-order valence-electron chi connectivity index (χ1n) is 6.10. The molecule has 0 aromatic heterocycles. The molecule has 0 aliphatic carbocycles. The third-order valence-electron chi connectivity index (χ3n) is 3.51. The summed E-state index contributed by atoms with van der Waals surface area (Å²) in [5.41, 5.74) is 6.07. The second-order valence-corrected chi connectivity index (χ2v) is 4.65. The summed E-state index contributed by atoms with van der Waals surface area (Å²) in [4.78, 5) is 12.7. The molecule has 1 aromatic carbocycles. The van der Waals surface area contributed by atoms with Gasteiger partial charge < -0.3 is 25.2 Å². The number of rotatable bonds is 4. The van der Waals surface area contributed by atoms with E-state index in [1.807, 2.05) is 4.90 Å². The Hall–Kier alpha value is -1.86. The summed E-state index contributed by atoms with van der Waals surface area (Å²) >= 11 is 0. The monoisotopic (exact) mass is 284 g/mol. The predicted molar refractivity (Wildman–Crippen MR) is 71.6 cm³/mol. The van der Waals surface area contributed by atoms with Gasteiger partial charge >= 0.3 is 5.97 Å². The molecule has 1 saturated heterocycles. The summed E-state index contributed by atoms with van der Waals surface area (Å²) in [7, 11) is 3.16. The van der Waals surface area contributed by atoms with Crippen molar-refractivity contribution in [2.45, 2.75) is 12.2 Å². The normalized spacial score (nSPS) is 22.2. The molecule has 2 rings (SSSR count). The van der Waals surface area contributed by atoms with Gasteiger partial charge in [-0.15, -0.1) is 0 Å². The molecule has 1 fully saturated rings. The van der Waals surface area contributed by atoms with Crippen molar-refractivity contribution in [3.05, 3.63) is 23.5 Å². The van der Waals surface area contributed by atoms with Crippen molar-refractivity contribution in [2.24, 2.45) is 0 Å². The Labute approximate surface area is 115 Å². The minimum atomic E-state index is -1.34. The zero-order valence-electron chi connectivity index (χ0n) is 11.3. The van der Waals surface area contributed by atoms with Crippen LogP contribution in [0.15, 0.2) is 12.1 Å². The van der Waals surface area contributed by atoms with Crippen LogP contribution in [0.2, 0.25) is 0 Å². The van der Waals surface area contributed by atoms with E-state index in [1.54, 1.807) is 14.2 Å². The van der Waals surface area contributed by atoms with Gasteiger partial charge in [0, 0.05) is 33.4 Å². The summed E-state index contributed by atoms with van der Waals surface area (Å²) < 4.78 is 24.4. The lowest BCUT2D eigenvalue weighted by Crippen LogP contribution is -2.27. The molecule has 0 saturated carbocycles. The number of carboxylic acids is 1. The number of benzene rings is 1. The molecule has 0 spiro atoms. The maximum atomic E-state index is 13.8. The number of methoxy groups -OCH3 is 2. The van der Waals surface area contributed by atoms with E-state index < -0.39 is 17.3 Å². The topological polar surface area (TPSA) is 85.0 Å². The molecule has 1 aliphatic rings. The van der Waals surface area contributed by atoms with Crippen molar-refractivity contribution in [1.29, 1.82) is 0 Å². The predicted octanol–water partition coefficient (Wildman–Crippen LogP) is 0.956. The van der Waals surface area contributed by atoms with E-state index >= 15 is 0 Å². The van der Waals surface area contributed by atoms with Crippen LogP contribution in [0, 0.1) is 5.82 Å². The highest BCUT2D eigenvalue weighted by molar-refractivity contribution is 5.91. The Morgan fingerprint density at radius 1 is 1.35 bits per heavy atom. The Morgan fingerprint density at radius 2 is 1.90 bits per heavy atom. The maximum absolute atomic E-state index is 13.8. The Bertz CT molecular complexity index is 511. The van der Waals surface area contributed by atoms with Crippen LogP contribution < -0.4 is 10.6 Å². The van der Waals surface area contributed by atoms with E-state index in [0.29, 0.717) is 18.8 Å². The van der Waals surface area contributed by atoms with Crippen LogP contribution in [-0.2, 0) is 9.47 Å². The number of carbonyl (C=O) groups is 1. The van der Waals surface area contributed by atoms with Gasteiger partial charge in [-0.05, 0) is 6.07 Å². The third kappa shape index (κ3) is 2.54. The van der Waals surface area contributed by atoms with E-state index in [2.05, 4.69) is 0 Å². The molecule has 6 nitrogen and oxygen atoms in total. The Morgan fingerprint density at radius 3 is 2.35 bits per heavy atom. The van der Waals surface area contributed by atoms with Crippen LogP contribution >= 0.6 is 0 Å². The number of anilines is 2. The van der Waals surface area contributed by atoms with Gasteiger partial charge in [-0.1, -0.05) is 0 Å². The van der Waals surface area contributed by atoms with Gasteiger partial charge in [0.1, 0.15) is 18.0 Å². The lowest BCUT2D eigenvalue weighted by atomic mass is 10.1. The molecular formula is C13H17FN2O4. The standard InChI is InChI=1S/C13H17FN2O4/c1-19-11-5-16(6-12(11)20-2)10-4-8(14)7(13(17)18)3-9(10)15/h3-4,11-12H,5-6,15H2,1-2H3,(H,17,18). The molecule has 110 valence electrons. The minimum Gasteiger partial charge on any atom is -0.478 e. The summed E-state index contributed by atoms with van der Waals surface area (Å²) in [6.07, 6.45) is -0.275. The molecule has 20 heavy (non-hydrogen) atoms. The lowest BCUT2D eigenvalue weighted by molar-refractivity contribution is -0.00461. The van der Waals surface area contributed by atoms with Crippen LogP contribution in [0.3, 0.4) is 0 Å². The van der Waals surface area contributed by atoms with Gasteiger partial charge in [0.2, 0.25) is 0 Å². The first kappa shape index (κ1) is 14.5. The van der Waals surface area contributed by atoms with Crippen molar-refractivity contribution >= 4 is 17.3 Å². The number of hydrogen-bond acceptors (Lipinski definition) is 5. The van der Waals surface area contributed by atoms with E-state index in [1.165, 1.54) is 0 Å². The number of nitrogens with zero attached hydrogens (tertiary/aromatic N) is 1. The van der Waals surface area contributed by atoms with Gasteiger partial charge in [-0.3, -0.25) is 0 Å². The molecule has 7 heteroatoms. The van der Waals surface area contributed by atoms with Crippen molar-refractivity contribution in [3.8, 4) is 0 Å². The molecule has 2 unspecified atom stereocenters. The fourth-order valence-electron chi connectivity index (χ4n) is 2.41. The lowest BCUT2D eigenvalue weighted by Gasteiger charge is -2.20. The number of ether oxygens (including phenoxy) is 2. The SMILES string of the molecule is COC1CN(c2cc(F)c(C(=O)O)cc2N)CC1OC. The van der Waals surface area contributed by atoms with Gasteiger partial charge in [-0.2, -0.15) is 0 Å². The fraction of sp³-hybridized carbons (Fsp3) is 0.462. The van der Waals surface area contributed by atoms with Crippen molar-refractivity contribution in [1.82, 2.24) is 0 Å². The van der Waals surface area contributed by atoms with E-state index in [-0.39, 0.29) is 17.9 Å². The third-order valence-corrected chi connectivity index (χ3v) is 3.51. The van der Waals surface area contributed by atoms with Gasteiger partial charge in [-0.25, -0.2) is 9.18 Å². The molecular weight excluding hydrogens is 267 g/mol. The highest BCUT2D eigenvalue weighted by Gasteiger charge is 2.34. The molecule has 1 aliphatic heterocycles. The number of hydrogen-bond donors (Lipinski definition) is 2. The molecule has 0 radical (unpaired) electrons. The number of nitrogens with two attached hydrogens (primary N) is 1. The fourth-order valence-corrected chi connectivity index (χ4v) is 2.41. The summed E-state index contributed by atoms with van der Waals surface area (Å²) in [5, 5.41) is 8.86. The van der Waals surface area contributed by atoms with Crippen molar-refractivity contribution in [3.63, 3.8) is 0 Å². The maximum Gasteiger partial charge on any atom is 0.338 e. The molecule has 1 heterocycles. The summed E-state index contributed by atoms with van der Waals surface area (Å²) in [6.45, 7) is 1.01. The smallest absolute Gasteiger partial charge is 0.338 e. The zero-order valence-corrected chi connectivity index (χ0v) is 11.3. The average Bonchev–Trinajstić information content (AvgIpc) is 2.83. The van der Waals surface area contributed by atoms with E-state index in [0.717, 1.165) is 12.1 Å². The van der Waals surface area contributed by atoms with Gasteiger partial charge in [0.25, 0.3) is 0 Å². The first-order valence-corrected chi connectivity index (χ1v) is 6.10. The highest BCUT2D eigenvalue weighted by atomic mass is 19.1. The van der Waals surface area contributed by atoms with Crippen molar-refractivity contribution in [2.75, 3.05) is 37.9 Å². The first-order chi connectivity index (χ1) is 9.47. The van der Waals surface area contributed by atoms with Crippen molar-refractivity contribution < 1.29 is 23.8 Å². The van der Waals surface area contributed by atoms with Crippen LogP contribution in [0.4, 0.5) is 15.8 Å². The number of halogens is 1. The summed E-state index contributed by atoms with van der Waals surface area (Å²) in [5.74, 6) is -2.15. The van der Waals surface area contributed by atoms with Gasteiger partial charge in [0.05, 0.1) is 16.9 Å². The number of carboxylic acid groups (broad SMARTS) is 1. The zero-order chi connectivity index (χ0) is 14.9. The molecule has 2 atom stereocenters. The molecule has 1 aromatic rings. The number of aromatic carboxylic acids is 1. The molecule has 0 bridgehead atoms. The molecule has 0 amide bonds. The second-order valence-electron chi connectivity index (χ2n) is 4.65.